The molecule has 0 spiro atoms. The second-order valence-corrected chi connectivity index (χ2v) is 7.53. The Bertz CT molecular complexity index is 919. The van der Waals surface area contributed by atoms with Crippen LogP contribution in [0.2, 0.25) is 0 Å². The van der Waals surface area contributed by atoms with E-state index in [1.54, 1.807) is 24.3 Å². The molecule has 1 aliphatic heterocycles. The predicted octanol–water partition coefficient (Wildman–Crippen LogP) is 3.70. The van der Waals surface area contributed by atoms with Crippen molar-refractivity contribution in [1.82, 2.24) is 19.6 Å². The first kappa shape index (κ1) is 18.2. The molecule has 0 saturated carbocycles. The first-order chi connectivity index (χ1) is 12.9. The lowest BCUT2D eigenvalue weighted by atomic mass is 10.2. The molecular formula is C17H18F3N5OS. The van der Waals surface area contributed by atoms with Gasteiger partial charge in [-0.2, -0.15) is 22.7 Å². The Hall–Kier alpha value is -2.20. The van der Waals surface area contributed by atoms with Crippen molar-refractivity contribution < 1.29 is 17.9 Å². The molecule has 1 atom stereocenters. The van der Waals surface area contributed by atoms with Gasteiger partial charge in [-0.05, 0) is 31.2 Å². The van der Waals surface area contributed by atoms with Gasteiger partial charge in [-0.1, -0.05) is 6.07 Å². The van der Waals surface area contributed by atoms with E-state index in [-0.39, 0.29) is 11.9 Å². The number of rotatable bonds is 5. The molecule has 27 heavy (non-hydrogen) atoms. The molecule has 1 aliphatic rings. The number of ether oxygens (including phenoxy) is 1. The van der Waals surface area contributed by atoms with Gasteiger partial charge < -0.3 is 9.64 Å². The molecule has 4 heterocycles. The van der Waals surface area contributed by atoms with Crippen molar-refractivity contribution in [1.29, 1.82) is 0 Å². The maximum absolute atomic E-state index is 13.1. The third kappa shape index (κ3) is 3.91. The molecule has 0 aromatic carbocycles. The first-order valence-electron chi connectivity index (χ1n) is 8.61. The number of aromatic nitrogens is 4. The van der Waals surface area contributed by atoms with Gasteiger partial charge in [-0.3, -0.25) is 0 Å². The van der Waals surface area contributed by atoms with Crippen LogP contribution < -0.4 is 4.90 Å². The van der Waals surface area contributed by atoms with Crippen LogP contribution in [0.25, 0.3) is 5.78 Å². The van der Waals surface area contributed by atoms with Crippen LogP contribution in [-0.4, -0.2) is 38.8 Å². The van der Waals surface area contributed by atoms with Gasteiger partial charge in [0.05, 0.1) is 12.6 Å². The van der Waals surface area contributed by atoms with Crippen LogP contribution in [0.15, 0.2) is 23.6 Å². The number of thiophene rings is 1. The number of alkyl halides is 3. The Morgan fingerprint density at radius 3 is 2.89 bits per heavy atom. The van der Waals surface area contributed by atoms with Gasteiger partial charge in [-0.25, -0.2) is 4.98 Å². The van der Waals surface area contributed by atoms with Gasteiger partial charge in [0.25, 0.3) is 11.6 Å². The van der Waals surface area contributed by atoms with Gasteiger partial charge in [0.1, 0.15) is 5.82 Å². The Labute approximate surface area is 157 Å². The van der Waals surface area contributed by atoms with Gasteiger partial charge >= 0.3 is 6.18 Å². The Kier molecular flexibility index (Phi) is 4.77. The van der Waals surface area contributed by atoms with Gasteiger partial charge in [0.15, 0.2) is 0 Å². The average Bonchev–Trinajstić information content (AvgIpc) is 3.34. The minimum Gasteiger partial charge on any atom is -0.376 e. The van der Waals surface area contributed by atoms with E-state index in [4.69, 9.17) is 4.74 Å². The maximum Gasteiger partial charge on any atom is 0.453 e. The monoisotopic (exact) mass is 397 g/mol. The summed E-state index contributed by atoms with van der Waals surface area (Å²) in [7, 11) is 0. The van der Waals surface area contributed by atoms with Crippen LogP contribution in [0.5, 0.6) is 0 Å². The van der Waals surface area contributed by atoms with E-state index >= 15 is 0 Å². The fourth-order valence-corrected chi connectivity index (χ4v) is 3.90. The summed E-state index contributed by atoms with van der Waals surface area (Å²) in [5.41, 5.74) is 0.585. The maximum atomic E-state index is 13.1. The Morgan fingerprint density at radius 2 is 2.22 bits per heavy atom. The van der Waals surface area contributed by atoms with Crippen molar-refractivity contribution in [3.8, 4) is 0 Å². The molecule has 10 heteroatoms. The molecule has 0 bridgehead atoms. The zero-order valence-corrected chi connectivity index (χ0v) is 15.4. The number of hydrogen-bond donors (Lipinski definition) is 0. The lowest BCUT2D eigenvalue weighted by Crippen LogP contribution is -2.33. The lowest BCUT2D eigenvalue weighted by Gasteiger charge is -2.27. The molecule has 1 fully saturated rings. The van der Waals surface area contributed by atoms with Gasteiger partial charge in [-0.15, -0.1) is 16.4 Å². The summed E-state index contributed by atoms with van der Waals surface area (Å²) >= 11 is 1.60. The Balaban J connectivity index is 1.77. The van der Waals surface area contributed by atoms with Crippen molar-refractivity contribution in [3.63, 3.8) is 0 Å². The predicted molar refractivity (Wildman–Crippen MR) is 94.9 cm³/mol. The Morgan fingerprint density at radius 1 is 1.37 bits per heavy atom. The molecule has 1 saturated heterocycles. The standard InChI is InChI=1S/C17H18F3N5OS/c1-11-8-14(25-16(21-11)22-15(23-25)17(18,19)20)24(9-12-4-2-6-26-12)10-13-5-3-7-27-13/h3,5,7-8,12H,2,4,6,9-10H2,1H3. The van der Waals surface area contributed by atoms with Crippen molar-refractivity contribution in [2.24, 2.45) is 0 Å². The largest absolute Gasteiger partial charge is 0.453 e. The summed E-state index contributed by atoms with van der Waals surface area (Å²) in [6, 6.07) is 5.69. The molecule has 0 aliphatic carbocycles. The fraction of sp³-hybridized carbons (Fsp3) is 0.471. The molecule has 6 nitrogen and oxygen atoms in total. The quantitative estimate of drug-likeness (QED) is 0.657. The van der Waals surface area contributed by atoms with E-state index < -0.39 is 12.0 Å². The highest BCUT2D eigenvalue weighted by molar-refractivity contribution is 7.09. The van der Waals surface area contributed by atoms with E-state index in [0.29, 0.717) is 31.2 Å². The summed E-state index contributed by atoms with van der Waals surface area (Å²) in [4.78, 5) is 10.8. The van der Waals surface area contributed by atoms with Crippen molar-refractivity contribution in [2.75, 3.05) is 18.1 Å². The minimum absolute atomic E-state index is 0.0408. The second kappa shape index (κ2) is 7.08. The van der Waals surface area contributed by atoms with E-state index in [2.05, 4.69) is 15.1 Å². The number of hydrogen-bond acceptors (Lipinski definition) is 6. The van der Waals surface area contributed by atoms with Gasteiger partial charge in [0, 0.05) is 29.8 Å². The third-order valence-corrected chi connectivity index (χ3v) is 5.23. The van der Waals surface area contributed by atoms with Crippen LogP contribution in [0, 0.1) is 6.92 Å². The number of anilines is 1. The average molecular weight is 397 g/mol. The second-order valence-electron chi connectivity index (χ2n) is 6.50. The number of nitrogens with zero attached hydrogens (tertiary/aromatic N) is 5. The summed E-state index contributed by atoms with van der Waals surface area (Å²) in [6.45, 7) is 3.57. The van der Waals surface area contributed by atoms with Crippen LogP contribution in [0.3, 0.4) is 0 Å². The zero-order chi connectivity index (χ0) is 19.0. The molecule has 0 N–H and O–H groups in total. The molecular weight excluding hydrogens is 379 g/mol. The number of fused-ring (bicyclic) bond motifs is 1. The minimum atomic E-state index is -4.62. The van der Waals surface area contributed by atoms with Crippen molar-refractivity contribution in [3.05, 3.63) is 40.0 Å². The highest BCUT2D eigenvalue weighted by atomic mass is 32.1. The summed E-state index contributed by atoms with van der Waals surface area (Å²) in [5.74, 6) is -0.708. The van der Waals surface area contributed by atoms with E-state index in [9.17, 15) is 13.2 Å². The van der Waals surface area contributed by atoms with E-state index in [1.165, 1.54) is 4.52 Å². The molecule has 3 aromatic heterocycles. The highest BCUT2D eigenvalue weighted by Gasteiger charge is 2.37. The molecule has 1 unspecified atom stereocenters. The van der Waals surface area contributed by atoms with Crippen LogP contribution in [0.4, 0.5) is 19.0 Å². The first-order valence-corrected chi connectivity index (χ1v) is 9.48. The van der Waals surface area contributed by atoms with Crippen LogP contribution in [0.1, 0.15) is 29.2 Å². The highest BCUT2D eigenvalue weighted by Crippen LogP contribution is 2.29. The SMILES string of the molecule is Cc1cc(N(Cc2cccs2)CC2CCCO2)n2nc(C(F)(F)F)nc2n1. The topological polar surface area (TPSA) is 55.6 Å². The molecule has 144 valence electrons. The molecule has 4 rings (SSSR count). The smallest absolute Gasteiger partial charge is 0.376 e. The van der Waals surface area contributed by atoms with E-state index in [1.807, 2.05) is 22.4 Å². The molecule has 3 aromatic rings. The lowest BCUT2D eigenvalue weighted by molar-refractivity contribution is -0.144. The summed E-state index contributed by atoms with van der Waals surface area (Å²) in [6.07, 6.45) is -2.66. The normalized spacial score (nSPS) is 17.7. The van der Waals surface area contributed by atoms with Crippen LogP contribution in [-0.2, 0) is 17.5 Å². The third-order valence-electron chi connectivity index (χ3n) is 4.37. The summed E-state index contributed by atoms with van der Waals surface area (Å²) < 4.78 is 46.2. The van der Waals surface area contributed by atoms with Crippen molar-refractivity contribution in [2.45, 2.75) is 38.6 Å². The zero-order valence-electron chi connectivity index (χ0n) is 14.6. The molecule has 0 amide bonds. The van der Waals surface area contributed by atoms with E-state index in [0.717, 1.165) is 17.7 Å². The van der Waals surface area contributed by atoms with Crippen molar-refractivity contribution >= 4 is 22.9 Å². The molecule has 0 radical (unpaired) electrons. The van der Waals surface area contributed by atoms with Gasteiger partial charge in [0.2, 0.25) is 0 Å². The van der Waals surface area contributed by atoms with Crippen LogP contribution >= 0.6 is 11.3 Å². The summed E-state index contributed by atoms with van der Waals surface area (Å²) in [5, 5.41) is 5.67. The number of aryl methyl sites for hydroxylation is 1. The fourth-order valence-electron chi connectivity index (χ4n) is 3.18. The number of halogens is 3.